The number of amides is 1. The summed E-state index contributed by atoms with van der Waals surface area (Å²) in [4.78, 5) is 12.1. The summed E-state index contributed by atoms with van der Waals surface area (Å²) in [7, 11) is -2.57. The predicted molar refractivity (Wildman–Crippen MR) is 96.7 cm³/mol. The SMILES string of the molecule is CNS(=O)(=O)NC(=O)c1ccc(C2C3CC4CC(C3)CC2C4)c(Cl)c1. The lowest BCUT2D eigenvalue weighted by Crippen LogP contribution is -2.43. The molecule has 25 heavy (non-hydrogen) atoms. The van der Waals surface area contributed by atoms with Crippen molar-refractivity contribution in [2.45, 2.75) is 38.0 Å². The molecule has 4 fully saturated rings. The van der Waals surface area contributed by atoms with Crippen LogP contribution < -0.4 is 9.44 Å². The molecule has 4 saturated carbocycles. The lowest BCUT2D eigenvalue weighted by molar-refractivity contribution is -0.00275. The fourth-order valence-corrected chi connectivity index (χ4v) is 6.37. The van der Waals surface area contributed by atoms with E-state index in [1.54, 1.807) is 12.1 Å². The average Bonchev–Trinajstić information content (AvgIpc) is 2.54. The van der Waals surface area contributed by atoms with Gasteiger partial charge >= 0.3 is 10.2 Å². The number of rotatable bonds is 4. The summed E-state index contributed by atoms with van der Waals surface area (Å²) in [5, 5.41) is 0.576. The van der Waals surface area contributed by atoms with Crippen LogP contribution in [0.15, 0.2) is 18.2 Å². The van der Waals surface area contributed by atoms with Crippen LogP contribution in [0.1, 0.15) is 53.9 Å². The fourth-order valence-electron chi connectivity index (χ4n) is 5.60. The van der Waals surface area contributed by atoms with E-state index >= 15 is 0 Å². The van der Waals surface area contributed by atoms with Crippen LogP contribution in [0.5, 0.6) is 0 Å². The Labute approximate surface area is 153 Å². The Morgan fingerprint density at radius 2 is 1.68 bits per heavy atom. The lowest BCUT2D eigenvalue weighted by Gasteiger charge is -2.54. The molecule has 4 aliphatic carbocycles. The summed E-state index contributed by atoms with van der Waals surface area (Å²) in [5.74, 6) is 3.02. The second-order valence-corrected chi connectivity index (χ2v) is 9.86. The van der Waals surface area contributed by atoms with Crippen molar-refractivity contribution >= 4 is 27.7 Å². The van der Waals surface area contributed by atoms with Crippen molar-refractivity contribution in [3.05, 3.63) is 34.3 Å². The first-order valence-corrected chi connectivity index (χ1v) is 10.8. The molecule has 0 aliphatic heterocycles. The molecule has 0 radical (unpaired) electrons. The summed E-state index contributed by atoms with van der Waals surface area (Å²) in [6.45, 7) is 0. The third-order valence-electron chi connectivity index (χ3n) is 6.34. The zero-order valence-corrected chi connectivity index (χ0v) is 15.7. The molecule has 4 bridgehead atoms. The highest BCUT2D eigenvalue weighted by Gasteiger charge is 2.48. The van der Waals surface area contributed by atoms with Gasteiger partial charge in [-0.3, -0.25) is 4.79 Å². The van der Waals surface area contributed by atoms with Gasteiger partial charge in [-0.25, -0.2) is 9.44 Å². The van der Waals surface area contributed by atoms with Gasteiger partial charge in [-0.1, -0.05) is 17.7 Å². The highest BCUT2D eigenvalue weighted by molar-refractivity contribution is 7.88. The van der Waals surface area contributed by atoms with E-state index in [0.29, 0.717) is 22.8 Å². The molecular formula is C18H23ClN2O3S. The van der Waals surface area contributed by atoms with Crippen LogP contribution in [0.4, 0.5) is 0 Å². The molecule has 0 heterocycles. The molecule has 5 nitrogen and oxygen atoms in total. The molecule has 0 aromatic heterocycles. The summed E-state index contributed by atoms with van der Waals surface area (Å²) in [5.41, 5.74) is 1.39. The Balaban J connectivity index is 1.57. The molecule has 2 N–H and O–H groups in total. The molecule has 1 amide bonds. The zero-order chi connectivity index (χ0) is 17.8. The summed E-state index contributed by atoms with van der Waals surface area (Å²) < 4.78 is 27.0. The van der Waals surface area contributed by atoms with E-state index in [9.17, 15) is 13.2 Å². The molecular weight excluding hydrogens is 360 g/mol. The summed E-state index contributed by atoms with van der Waals surface area (Å²) >= 11 is 6.53. The maximum Gasteiger partial charge on any atom is 0.301 e. The van der Waals surface area contributed by atoms with Crippen molar-refractivity contribution in [1.29, 1.82) is 0 Å². The first-order valence-electron chi connectivity index (χ1n) is 8.91. The van der Waals surface area contributed by atoms with Crippen LogP contribution in [0.25, 0.3) is 0 Å². The third-order valence-corrected chi connectivity index (χ3v) is 7.66. The van der Waals surface area contributed by atoms with Crippen LogP contribution in [-0.2, 0) is 10.2 Å². The topological polar surface area (TPSA) is 75.3 Å². The van der Waals surface area contributed by atoms with Gasteiger partial charge in [0, 0.05) is 17.6 Å². The van der Waals surface area contributed by atoms with E-state index in [1.807, 2.05) is 10.8 Å². The number of benzene rings is 1. The van der Waals surface area contributed by atoms with Crippen LogP contribution in [0, 0.1) is 23.7 Å². The van der Waals surface area contributed by atoms with Crippen molar-refractivity contribution in [1.82, 2.24) is 9.44 Å². The van der Waals surface area contributed by atoms with E-state index in [1.165, 1.54) is 39.2 Å². The quantitative estimate of drug-likeness (QED) is 0.840. The number of hydrogen-bond donors (Lipinski definition) is 2. The normalized spacial score (nSPS) is 33.4. The molecule has 4 aliphatic rings. The van der Waals surface area contributed by atoms with Crippen molar-refractivity contribution in [2.24, 2.45) is 23.7 Å². The second kappa shape index (κ2) is 6.25. The summed E-state index contributed by atoms with van der Waals surface area (Å²) in [6.07, 6.45) is 6.62. The zero-order valence-electron chi connectivity index (χ0n) is 14.2. The van der Waals surface area contributed by atoms with E-state index in [0.717, 1.165) is 17.4 Å². The monoisotopic (exact) mass is 382 g/mol. The Hall–Kier alpha value is -1.11. The minimum Gasteiger partial charge on any atom is -0.268 e. The minimum atomic E-state index is -3.82. The Bertz CT molecular complexity index is 781. The average molecular weight is 383 g/mol. The Kier molecular flexibility index (Phi) is 4.33. The van der Waals surface area contributed by atoms with E-state index in [4.69, 9.17) is 11.6 Å². The molecule has 0 spiro atoms. The Morgan fingerprint density at radius 3 is 2.20 bits per heavy atom. The number of carbonyl (C=O) groups is 1. The van der Waals surface area contributed by atoms with Gasteiger partial charge in [-0.15, -0.1) is 0 Å². The molecule has 0 atom stereocenters. The number of hydrogen-bond acceptors (Lipinski definition) is 3. The van der Waals surface area contributed by atoms with Gasteiger partial charge < -0.3 is 0 Å². The van der Waals surface area contributed by atoms with Crippen molar-refractivity contribution in [2.75, 3.05) is 7.05 Å². The maximum atomic E-state index is 12.1. The van der Waals surface area contributed by atoms with E-state index in [2.05, 4.69) is 4.72 Å². The standard InChI is InChI=1S/C18H23ClN2O3S/c1-20-25(23,24)21-18(22)12-2-3-15(16(19)9-12)17-13-5-10-4-11(7-13)8-14(17)6-10/h2-3,9-11,13-14,17,20H,4-8H2,1H3,(H,21,22). The van der Waals surface area contributed by atoms with Gasteiger partial charge in [0.1, 0.15) is 0 Å². The van der Waals surface area contributed by atoms with Gasteiger partial charge in [0.05, 0.1) is 0 Å². The summed E-state index contributed by atoms with van der Waals surface area (Å²) in [6, 6.07) is 5.21. The first-order chi connectivity index (χ1) is 11.9. The largest absolute Gasteiger partial charge is 0.301 e. The molecule has 0 saturated heterocycles. The minimum absolute atomic E-state index is 0.261. The second-order valence-electron chi connectivity index (χ2n) is 7.83. The van der Waals surface area contributed by atoms with Crippen molar-refractivity contribution < 1.29 is 13.2 Å². The van der Waals surface area contributed by atoms with Crippen LogP contribution >= 0.6 is 11.6 Å². The predicted octanol–water partition coefficient (Wildman–Crippen LogP) is 3.07. The highest BCUT2D eigenvalue weighted by Crippen LogP contribution is 2.60. The van der Waals surface area contributed by atoms with Gasteiger partial charge in [-0.2, -0.15) is 8.42 Å². The maximum absolute atomic E-state index is 12.1. The molecule has 7 heteroatoms. The molecule has 1 aromatic carbocycles. The van der Waals surface area contributed by atoms with Gasteiger partial charge in [0.2, 0.25) is 0 Å². The number of nitrogens with one attached hydrogen (secondary N) is 2. The number of carbonyl (C=O) groups excluding carboxylic acids is 1. The van der Waals surface area contributed by atoms with Crippen LogP contribution in [0.2, 0.25) is 5.02 Å². The fraction of sp³-hybridized carbons (Fsp3) is 0.611. The van der Waals surface area contributed by atoms with E-state index < -0.39 is 16.1 Å². The van der Waals surface area contributed by atoms with E-state index in [-0.39, 0.29) is 5.56 Å². The van der Waals surface area contributed by atoms with Gasteiger partial charge in [0.15, 0.2) is 0 Å². The van der Waals surface area contributed by atoms with Crippen LogP contribution in [-0.4, -0.2) is 21.4 Å². The smallest absolute Gasteiger partial charge is 0.268 e. The molecule has 0 unspecified atom stereocenters. The van der Waals surface area contributed by atoms with Crippen LogP contribution in [0.3, 0.4) is 0 Å². The number of halogens is 1. The molecule has 5 rings (SSSR count). The lowest BCUT2D eigenvalue weighted by atomic mass is 9.51. The van der Waals surface area contributed by atoms with Gasteiger partial charge in [0.25, 0.3) is 5.91 Å². The highest BCUT2D eigenvalue weighted by atomic mass is 35.5. The molecule has 1 aromatic rings. The Morgan fingerprint density at radius 1 is 1.08 bits per heavy atom. The van der Waals surface area contributed by atoms with Crippen molar-refractivity contribution in [3.63, 3.8) is 0 Å². The van der Waals surface area contributed by atoms with Gasteiger partial charge in [-0.05, 0) is 79.4 Å². The first kappa shape index (κ1) is 17.3. The molecule has 136 valence electrons. The van der Waals surface area contributed by atoms with Crippen molar-refractivity contribution in [3.8, 4) is 0 Å². The third kappa shape index (κ3) is 3.20.